The summed E-state index contributed by atoms with van der Waals surface area (Å²) in [7, 11) is 0. The SMILES string of the molecule is NC1(C(=O)NCc2ccc(=O)[nH]c2)CCCC1. The monoisotopic (exact) mass is 235 g/mol. The lowest BCUT2D eigenvalue weighted by molar-refractivity contribution is -0.126. The zero-order valence-electron chi connectivity index (χ0n) is 9.66. The van der Waals surface area contributed by atoms with Gasteiger partial charge in [-0.1, -0.05) is 18.9 Å². The number of nitrogens with two attached hydrogens (primary N) is 1. The maximum atomic E-state index is 11.9. The van der Waals surface area contributed by atoms with Gasteiger partial charge < -0.3 is 16.0 Å². The predicted molar refractivity (Wildman–Crippen MR) is 64.3 cm³/mol. The number of H-pyrrole nitrogens is 1. The van der Waals surface area contributed by atoms with Crippen LogP contribution in [0.2, 0.25) is 0 Å². The van der Waals surface area contributed by atoms with Crippen molar-refractivity contribution in [2.75, 3.05) is 0 Å². The van der Waals surface area contributed by atoms with E-state index in [1.165, 1.54) is 6.07 Å². The zero-order chi connectivity index (χ0) is 12.3. The van der Waals surface area contributed by atoms with E-state index in [0.717, 1.165) is 31.2 Å². The summed E-state index contributed by atoms with van der Waals surface area (Å²) in [6.45, 7) is 0.397. The number of carbonyl (C=O) groups is 1. The van der Waals surface area contributed by atoms with Crippen molar-refractivity contribution in [1.82, 2.24) is 10.3 Å². The first-order chi connectivity index (χ1) is 8.10. The molecule has 1 saturated carbocycles. The fourth-order valence-corrected chi connectivity index (χ4v) is 2.14. The molecule has 0 aliphatic heterocycles. The van der Waals surface area contributed by atoms with Crippen LogP contribution < -0.4 is 16.6 Å². The first-order valence-corrected chi connectivity index (χ1v) is 5.85. The molecule has 4 N–H and O–H groups in total. The Kier molecular flexibility index (Phi) is 3.28. The summed E-state index contributed by atoms with van der Waals surface area (Å²) in [5.41, 5.74) is 6.04. The van der Waals surface area contributed by atoms with Gasteiger partial charge >= 0.3 is 0 Å². The van der Waals surface area contributed by atoms with Gasteiger partial charge in [0.05, 0.1) is 5.54 Å². The normalized spacial score (nSPS) is 17.9. The largest absolute Gasteiger partial charge is 0.350 e. The van der Waals surface area contributed by atoms with Gasteiger partial charge in [0.1, 0.15) is 0 Å². The van der Waals surface area contributed by atoms with Crippen molar-refractivity contribution in [3.63, 3.8) is 0 Å². The lowest BCUT2D eigenvalue weighted by atomic mass is 9.98. The molecule has 17 heavy (non-hydrogen) atoms. The Hall–Kier alpha value is -1.62. The minimum absolute atomic E-state index is 0.0961. The molecule has 5 heteroatoms. The van der Waals surface area contributed by atoms with Gasteiger partial charge in [0, 0.05) is 18.8 Å². The van der Waals surface area contributed by atoms with Crippen LogP contribution >= 0.6 is 0 Å². The number of carbonyl (C=O) groups excluding carboxylic acids is 1. The summed E-state index contributed by atoms with van der Waals surface area (Å²) < 4.78 is 0. The van der Waals surface area contributed by atoms with Crippen molar-refractivity contribution in [2.24, 2.45) is 5.73 Å². The Bertz CT molecular complexity index is 441. The predicted octanol–water partition coefficient (Wildman–Crippen LogP) is 0.263. The maximum absolute atomic E-state index is 11.9. The van der Waals surface area contributed by atoms with Gasteiger partial charge in [0.15, 0.2) is 0 Å². The average molecular weight is 235 g/mol. The second-order valence-corrected chi connectivity index (χ2v) is 4.61. The van der Waals surface area contributed by atoms with E-state index >= 15 is 0 Å². The second-order valence-electron chi connectivity index (χ2n) is 4.61. The Labute approximate surface area is 99.4 Å². The Balaban J connectivity index is 1.92. The van der Waals surface area contributed by atoms with Crippen molar-refractivity contribution in [3.05, 3.63) is 34.2 Å². The van der Waals surface area contributed by atoms with E-state index in [0.29, 0.717) is 6.54 Å². The van der Waals surface area contributed by atoms with Crippen LogP contribution in [0.15, 0.2) is 23.1 Å². The number of pyridine rings is 1. The van der Waals surface area contributed by atoms with Crippen molar-refractivity contribution in [2.45, 2.75) is 37.8 Å². The molecule has 0 spiro atoms. The first-order valence-electron chi connectivity index (χ1n) is 5.85. The summed E-state index contributed by atoms with van der Waals surface area (Å²) in [4.78, 5) is 25.3. The molecule has 0 saturated heterocycles. The second kappa shape index (κ2) is 4.71. The molecule has 2 rings (SSSR count). The van der Waals surface area contributed by atoms with E-state index in [1.54, 1.807) is 12.3 Å². The van der Waals surface area contributed by atoms with Gasteiger partial charge in [-0.25, -0.2) is 0 Å². The smallest absolute Gasteiger partial charge is 0.247 e. The number of rotatable bonds is 3. The molecule has 1 aliphatic carbocycles. The molecule has 92 valence electrons. The molecule has 1 aromatic heterocycles. The Morgan fingerprint density at radius 2 is 2.12 bits per heavy atom. The van der Waals surface area contributed by atoms with Crippen LogP contribution in [0.25, 0.3) is 0 Å². The van der Waals surface area contributed by atoms with Crippen molar-refractivity contribution in [1.29, 1.82) is 0 Å². The van der Waals surface area contributed by atoms with Crippen LogP contribution in [0.5, 0.6) is 0 Å². The van der Waals surface area contributed by atoms with Crippen LogP contribution in [0.1, 0.15) is 31.2 Å². The highest BCUT2D eigenvalue weighted by atomic mass is 16.2. The first kappa shape index (κ1) is 11.9. The number of nitrogens with one attached hydrogen (secondary N) is 2. The molecule has 0 bridgehead atoms. The lowest BCUT2D eigenvalue weighted by Gasteiger charge is -2.22. The third-order valence-corrected chi connectivity index (χ3v) is 3.25. The molecular weight excluding hydrogens is 218 g/mol. The third kappa shape index (κ3) is 2.74. The van der Waals surface area contributed by atoms with E-state index < -0.39 is 5.54 Å². The van der Waals surface area contributed by atoms with Crippen LogP contribution in [0.4, 0.5) is 0 Å². The van der Waals surface area contributed by atoms with Crippen LogP contribution in [-0.4, -0.2) is 16.4 Å². The van der Waals surface area contributed by atoms with Gasteiger partial charge in [-0.05, 0) is 18.4 Å². The summed E-state index contributed by atoms with van der Waals surface area (Å²) in [6.07, 6.45) is 5.14. The van der Waals surface area contributed by atoms with Crippen molar-refractivity contribution in [3.8, 4) is 0 Å². The standard InChI is InChI=1S/C12H17N3O2/c13-12(5-1-2-6-12)11(17)15-8-9-3-4-10(16)14-7-9/h3-4,7H,1-2,5-6,8,13H2,(H,14,16)(H,15,17). The van der Waals surface area contributed by atoms with Gasteiger partial charge in [-0.2, -0.15) is 0 Å². The summed E-state index contributed by atoms with van der Waals surface area (Å²) in [5.74, 6) is -0.0961. The molecule has 0 unspecified atom stereocenters. The topological polar surface area (TPSA) is 88.0 Å². The highest BCUT2D eigenvalue weighted by Gasteiger charge is 2.36. The van der Waals surface area contributed by atoms with E-state index in [1.807, 2.05) is 0 Å². The molecule has 5 nitrogen and oxygen atoms in total. The number of hydrogen-bond donors (Lipinski definition) is 3. The molecule has 0 aromatic carbocycles. The fraction of sp³-hybridized carbons (Fsp3) is 0.500. The molecular formula is C12H17N3O2. The number of aromatic nitrogens is 1. The van der Waals surface area contributed by atoms with Crippen LogP contribution in [0.3, 0.4) is 0 Å². The molecule has 1 amide bonds. The summed E-state index contributed by atoms with van der Waals surface area (Å²) >= 11 is 0. The minimum Gasteiger partial charge on any atom is -0.350 e. The number of amides is 1. The van der Waals surface area contributed by atoms with Gasteiger partial charge in [0.2, 0.25) is 11.5 Å². The Morgan fingerprint density at radius 1 is 1.41 bits per heavy atom. The highest BCUT2D eigenvalue weighted by molar-refractivity contribution is 5.86. The fourth-order valence-electron chi connectivity index (χ4n) is 2.14. The lowest BCUT2D eigenvalue weighted by Crippen LogP contribution is -2.51. The zero-order valence-corrected chi connectivity index (χ0v) is 9.66. The van der Waals surface area contributed by atoms with Gasteiger partial charge in [-0.15, -0.1) is 0 Å². The molecule has 1 aromatic rings. The maximum Gasteiger partial charge on any atom is 0.247 e. The third-order valence-electron chi connectivity index (χ3n) is 3.25. The van der Waals surface area contributed by atoms with Gasteiger partial charge in [-0.3, -0.25) is 9.59 Å². The van der Waals surface area contributed by atoms with E-state index in [2.05, 4.69) is 10.3 Å². The van der Waals surface area contributed by atoms with E-state index in [-0.39, 0.29) is 11.5 Å². The molecule has 1 fully saturated rings. The van der Waals surface area contributed by atoms with Gasteiger partial charge in [0.25, 0.3) is 0 Å². The number of hydrogen-bond acceptors (Lipinski definition) is 3. The van der Waals surface area contributed by atoms with E-state index in [9.17, 15) is 9.59 Å². The highest BCUT2D eigenvalue weighted by Crippen LogP contribution is 2.27. The molecule has 1 aliphatic rings. The molecule has 1 heterocycles. The summed E-state index contributed by atoms with van der Waals surface area (Å²) in [6, 6.07) is 3.13. The van der Waals surface area contributed by atoms with Crippen LogP contribution in [-0.2, 0) is 11.3 Å². The molecule has 0 radical (unpaired) electrons. The van der Waals surface area contributed by atoms with Crippen molar-refractivity contribution < 1.29 is 4.79 Å². The minimum atomic E-state index is -0.692. The van der Waals surface area contributed by atoms with Crippen molar-refractivity contribution >= 4 is 5.91 Å². The number of aromatic amines is 1. The van der Waals surface area contributed by atoms with Crippen LogP contribution in [0, 0.1) is 0 Å². The quantitative estimate of drug-likeness (QED) is 0.702. The Morgan fingerprint density at radius 3 is 2.71 bits per heavy atom. The summed E-state index contributed by atoms with van der Waals surface area (Å²) in [5, 5.41) is 2.81. The average Bonchev–Trinajstić information content (AvgIpc) is 2.76. The molecule has 0 atom stereocenters. The van der Waals surface area contributed by atoms with E-state index in [4.69, 9.17) is 5.73 Å².